The first-order valence-electron chi connectivity index (χ1n) is 1.63. The van der Waals surface area contributed by atoms with Crippen LogP contribution in [0.25, 0.3) is 0 Å². The Balaban J connectivity index is 2.19. The molecule has 0 spiro atoms. The Morgan fingerprint density at radius 1 is 1.00 bits per heavy atom. The molecule has 0 aliphatic rings. The second-order valence-electron chi connectivity index (χ2n) is 0.801. The highest BCUT2D eigenvalue weighted by atomic mass is 16.4. The molecule has 0 aliphatic carbocycles. The molecule has 0 aromatic rings. The Morgan fingerprint density at radius 3 is 1.40 bits per heavy atom. The Kier molecular flexibility index (Phi) is 3.86. The van der Waals surface area contributed by atoms with Crippen LogP contribution < -0.4 is 0 Å². The molecule has 0 atom stereocenters. The third-order valence-corrected chi connectivity index (χ3v) is 0.316. The Bertz CT molecular complexity index is 12.4. The Morgan fingerprint density at radius 2 is 1.40 bits per heavy atom. The SMILES string of the molecule is O[13CH2][13CH2][13CH2]O. The summed E-state index contributed by atoms with van der Waals surface area (Å²) in [6.45, 7) is 0.188. The number of hydrogen-bond acceptors (Lipinski definition) is 2. The molecule has 32 valence electrons. The molecular weight excluding hydrogens is 71.0 g/mol. The maximum absolute atomic E-state index is 7.91. The third kappa shape index (κ3) is 3.92. The fourth-order valence-electron chi connectivity index (χ4n) is 0.0707. The van der Waals surface area contributed by atoms with Gasteiger partial charge < -0.3 is 10.2 Å². The van der Waals surface area contributed by atoms with Gasteiger partial charge in [-0.15, -0.1) is 0 Å². The van der Waals surface area contributed by atoms with Crippen molar-refractivity contribution in [3.05, 3.63) is 0 Å². The van der Waals surface area contributed by atoms with Crippen LogP contribution in [-0.2, 0) is 0 Å². The van der Waals surface area contributed by atoms with Crippen molar-refractivity contribution in [3.8, 4) is 0 Å². The van der Waals surface area contributed by atoms with Gasteiger partial charge in [0.05, 0.1) is 0 Å². The highest BCUT2D eigenvalue weighted by Gasteiger charge is 1.70. The average Bonchev–Trinajstić information content (AvgIpc) is 1.41. The third-order valence-electron chi connectivity index (χ3n) is 0.316. The molecule has 0 saturated heterocycles. The largest absolute Gasteiger partial charge is 0.396 e. The van der Waals surface area contributed by atoms with E-state index in [0.717, 1.165) is 0 Å². The average molecular weight is 79.1 g/mol. The van der Waals surface area contributed by atoms with Gasteiger partial charge in [-0.1, -0.05) is 0 Å². The summed E-state index contributed by atoms with van der Waals surface area (Å²) >= 11 is 0. The summed E-state index contributed by atoms with van der Waals surface area (Å²) in [6.07, 6.45) is 0.500. The van der Waals surface area contributed by atoms with Crippen molar-refractivity contribution in [3.63, 3.8) is 0 Å². The quantitative estimate of drug-likeness (QED) is 0.432. The van der Waals surface area contributed by atoms with E-state index >= 15 is 0 Å². The topological polar surface area (TPSA) is 40.5 Å². The van der Waals surface area contributed by atoms with E-state index < -0.39 is 0 Å². The van der Waals surface area contributed by atoms with Crippen molar-refractivity contribution in [1.82, 2.24) is 0 Å². The van der Waals surface area contributed by atoms with Crippen molar-refractivity contribution in [2.75, 3.05) is 13.2 Å². The smallest absolute Gasteiger partial charge is 0.0452 e. The molecule has 0 fully saturated rings. The van der Waals surface area contributed by atoms with Crippen LogP contribution in [-0.4, -0.2) is 23.4 Å². The van der Waals surface area contributed by atoms with E-state index in [-0.39, 0.29) is 13.2 Å². The van der Waals surface area contributed by atoms with Gasteiger partial charge in [-0.25, -0.2) is 0 Å². The predicted molar refractivity (Wildman–Crippen MR) is 18.8 cm³/mol. The maximum atomic E-state index is 7.91. The van der Waals surface area contributed by atoms with Gasteiger partial charge in [0.2, 0.25) is 0 Å². The summed E-state index contributed by atoms with van der Waals surface area (Å²) in [7, 11) is 0. The summed E-state index contributed by atoms with van der Waals surface area (Å²) in [5.41, 5.74) is 0. The van der Waals surface area contributed by atoms with Crippen molar-refractivity contribution < 1.29 is 10.2 Å². The minimum absolute atomic E-state index is 0.0938. The zero-order chi connectivity index (χ0) is 4.12. The van der Waals surface area contributed by atoms with Crippen LogP contribution >= 0.6 is 0 Å². The van der Waals surface area contributed by atoms with Gasteiger partial charge in [0.15, 0.2) is 0 Å². The van der Waals surface area contributed by atoms with Gasteiger partial charge in [0, 0.05) is 13.2 Å². The Labute approximate surface area is 31.1 Å². The maximum Gasteiger partial charge on any atom is 0.0452 e. The first kappa shape index (κ1) is 4.92. The molecule has 2 nitrogen and oxygen atoms in total. The summed E-state index contributed by atoms with van der Waals surface area (Å²) in [5, 5.41) is 15.8. The fourth-order valence-corrected chi connectivity index (χ4v) is 0.0707. The zero-order valence-corrected chi connectivity index (χ0v) is 3.02. The standard InChI is InChI=1S/C3H8O2/c4-2-1-3-5/h4-5H,1-3H2/i1+1,2+1,3+1. The lowest BCUT2D eigenvalue weighted by molar-refractivity contribution is 0.221. The van der Waals surface area contributed by atoms with E-state index in [0.29, 0.717) is 6.42 Å². The molecule has 0 radical (unpaired) electrons. The van der Waals surface area contributed by atoms with Crippen LogP contribution in [0.1, 0.15) is 6.42 Å². The molecule has 2 N–H and O–H groups in total. The second-order valence-corrected chi connectivity index (χ2v) is 0.801. The molecule has 0 saturated carbocycles. The minimum atomic E-state index is 0.0938. The Hall–Kier alpha value is -0.0800. The van der Waals surface area contributed by atoms with Gasteiger partial charge >= 0.3 is 0 Å². The van der Waals surface area contributed by atoms with Gasteiger partial charge in [-0.2, -0.15) is 0 Å². The van der Waals surface area contributed by atoms with E-state index in [1.807, 2.05) is 0 Å². The van der Waals surface area contributed by atoms with Crippen molar-refractivity contribution in [2.45, 2.75) is 6.42 Å². The molecule has 0 bridgehead atoms. The summed E-state index contributed by atoms with van der Waals surface area (Å²) in [4.78, 5) is 0. The normalized spacial score (nSPS) is 8.40. The highest BCUT2D eigenvalue weighted by molar-refractivity contribution is 4.22. The lowest BCUT2D eigenvalue weighted by Crippen LogP contribution is -1.85. The molecule has 0 rings (SSSR count). The van der Waals surface area contributed by atoms with Crippen LogP contribution in [0.15, 0.2) is 0 Å². The summed E-state index contributed by atoms with van der Waals surface area (Å²) in [6, 6.07) is 0. The molecular formula is C3H8O2. The molecule has 0 aromatic heterocycles. The van der Waals surface area contributed by atoms with Crippen LogP contribution in [0.2, 0.25) is 0 Å². The number of aliphatic hydroxyl groups is 2. The van der Waals surface area contributed by atoms with Gasteiger partial charge in [-0.05, 0) is 6.42 Å². The number of hydrogen-bond donors (Lipinski definition) is 2. The molecule has 0 heterocycles. The first-order chi connectivity index (χ1) is 2.41. The second kappa shape index (κ2) is 3.92. The molecule has 0 aromatic carbocycles. The molecule has 0 aliphatic heterocycles. The van der Waals surface area contributed by atoms with Gasteiger partial charge in [0.1, 0.15) is 0 Å². The predicted octanol–water partition coefficient (Wildman–Crippen LogP) is -0.639. The van der Waals surface area contributed by atoms with Crippen LogP contribution in [0, 0.1) is 0 Å². The number of rotatable bonds is 2. The number of aliphatic hydroxyl groups excluding tert-OH is 2. The van der Waals surface area contributed by atoms with Crippen molar-refractivity contribution in [1.29, 1.82) is 0 Å². The first-order valence-corrected chi connectivity index (χ1v) is 1.63. The van der Waals surface area contributed by atoms with E-state index in [9.17, 15) is 0 Å². The lowest BCUT2D eigenvalue weighted by atomic mass is 11.5. The minimum Gasteiger partial charge on any atom is -0.396 e. The van der Waals surface area contributed by atoms with Gasteiger partial charge in [0.25, 0.3) is 0 Å². The molecule has 0 unspecified atom stereocenters. The van der Waals surface area contributed by atoms with Crippen molar-refractivity contribution in [2.24, 2.45) is 0 Å². The molecule has 0 amide bonds. The molecule has 5 heavy (non-hydrogen) atoms. The van der Waals surface area contributed by atoms with E-state index in [1.54, 1.807) is 0 Å². The summed E-state index contributed by atoms with van der Waals surface area (Å²) < 4.78 is 0. The van der Waals surface area contributed by atoms with Crippen LogP contribution in [0.5, 0.6) is 0 Å². The molecule has 2 heteroatoms. The van der Waals surface area contributed by atoms with E-state index in [2.05, 4.69) is 0 Å². The van der Waals surface area contributed by atoms with Gasteiger partial charge in [-0.3, -0.25) is 0 Å². The lowest BCUT2D eigenvalue weighted by Gasteiger charge is -1.79. The van der Waals surface area contributed by atoms with Crippen molar-refractivity contribution >= 4 is 0 Å². The van der Waals surface area contributed by atoms with E-state index in [4.69, 9.17) is 10.2 Å². The van der Waals surface area contributed by atoms with Crippen LogP contribution in [0.4, 0.5) is 0 Å². The highest BCUT2D eigenvalue weighted by Crippen LogP contribution is 1.65. The van der Waals surface area contributed by atoms with Crippen LogP contribution in [0.3, 0.4) is 0 Å². The summed E-state index contributed by atoms with van der Waals surface area (Å²) in [5.74, 6) is 0. The monoisotopic (exact) mass is 79.1 g/mol. The fraction of sp³-hybridized carbons (Fsp3) is 1.00. The zero-order valence-electron chi connectivity index (χ0n) is 3.02. The van der Waals surface area contributed by atoms with E-state index in [1.165, 1.54) is 0 Å².